The van der Waals surface area contributed by atoms with E-state index in [2.05, 4.69) is 24.2 Å². The molecule has 1 unspecified atom stereocenters. The zero-order valence-corrected chi connectivity index (χ0v) is 10.9. The molecule has 0 spiro atoms. The van der Waals surface area contributed by atoms with E-state index in [4.69, 9.17) is 0 Å². The average Bonchev–Trinajstić information content (AvgIpc) is 2.26. The topological polar surface area (TPSA) is 24.4 Å². The SMILES string of the molecule is CCCCCCC(C)NC1=NCCCS1. The molecule has 0 radical (unpaired) electrons. The second kappa shape index (κ2) is 8.03. The summed E-state index contributed by atoms with van der Waals surface area (Å²) < 4.78 is 0. The third-order valence-electron chi connectivity index (χ3n) is 2.66. The summed E-state index contributed by atoms with van der Waals surface area (Å²) in [7, 11) is 0. The quantitative estimate of drug-likeness (QED) is 0.704. The highest BCUT2D eigenvalue weighted by Gasteiger charge is 2.08. The first-order valence-corrected chi connectivity index (χ1v) is 7.25. The lowest BCUT2D eigenvalue weighted by atomic mass is 10.1. The molecule has 3 heteroatoms. The van der Waals surface area contributed by atoms with Gasteiger partial charge in [-0.3, -0.25) is 4.99 Å². The first-order valence-electron chi connectivity index (χ1n) is 6.26. The minimum atomic E-state index is 0.589. The number of amidine groups is 1. The molecular weight excluding hydrogens is 204 g/mol. The standard InChI is InChI=1S/C12H24N2S/c1-3-4-5-6-8-11(2)14-12-13-9-7-10-15-12/h11H,3-10H2,1-2H3,(H,13,14). The highest BCUT2D eigenvalue weighted by molar-refractivity contribution is 8.13. The van der Waals surface area contributed by atoms with Crippen LogP contribution in [0, 0.1) is 0 Å². The van der Waals surface area contributed by atoms with Crippen LogP contribution in [0.4, 0.5) is 0 Å². The molecule has 1 aliphatic heterocycles. The predicted molar refractivity (Wildman–Crippen MR) is 70.7 cm³/mol. The zero-order chi connectivity index (χ0) is 10.9. The summed E-state index contributed by atoms with van der Waals surface area (Å²) in [5.41, 5.74) is 0. The summed E-state index contributed by atoms with van der Waals surface area (Å²) in [6, 6.07) is 0.589. The fourth-order valence-corrected chi connectivity index (χ4v) is 2.64. The Morgan fingerprint density at radius 3 is 2.93 bits per heavy atom. The second-order valence-corrected chi connectivity index (χ2v) is 5.37. The molecule has 1 heterocycles. The van der Waals surface area contributed by atoms with Gasteiger partial charge in [-0.25, -0.2) is 0 Å². The Morgan fingerprint density at radius 2 is 2.27 bits per heavy atom. The Bertz CT molecular complexity index is 192. The van der Waals surface area contributed by atoms with Gasteiger partial charge in [0.15, 0.2) is 5.17 Å². The summed E-state index contributed by atoms with van der Waals surface area (Å²) in [5.74, 6) is 1.23. The lowest BCUT2D eigenvalue weighted by molar-refractivity contribution is 0.545. The van der Waals surface area contributed by atoms with Gasteiger partial charge < -0.3 is 5.32 Å². The van der Waals surface area contributed by atoms with Crippen LogP contribution in [0.3, 0.4) is 0 Å². The highest BCUT2D eigenvalue weighted by Crippen LogP contribution is 2.12. The molecule has 1 aliphatic rings. The van der Waals surface area contributed by atoms with Crippen molar-refractivity contribution < 1.29 is 0 Å². The summed E-state index contributed by atoms with van der Waals surface area (Å²) in [4.78, 5) is 4.48. The molecule has 15 heavy (non-hydrogen) atoms. The van der Waals surface area contributed by atoms with Crippen molar-refractivity contribution in [2.24, 2.45) is 4.99 Å². The second-order valence-electron chi connectivity index (χ2n) is 4.28. The van der Waals surface area contributed by atoms with Crippen LogP contribution in [0.15, 0.2) is 4.99 Å². The van der Waals surface area contributed by atoms with E-state index >= 15 is 0 Å². The largest absolute Gasteiger partial charge is 0.362 e. The average molecular weight is 228 g/mol. The van der Waals surface area contributed by atoms with Crippen LogP contribution in [0.25, 0.3) is 0 Å². The highest BCUT2D eigenvalue weighted by atomic mass is 32.2. The van der Waals surface area contributed by atoms with Crippen molar-refractivity contribution in [3.63, 3.8) is 0 Å². The normalized spacial score (nSPS) is 18.4. The van der Waals surface area contributed by atoms with Crippen LogP contribution in [0.2, 0.25) is 0 Å². The summed E-state index contributed by atoms with van der Waals surface area (Å²) >= 11 is 1.87. The molecule has 0 aromatic heterocycles. The van der Waals surface area contributed by atoms with Gasteiger partial charge in [0.25, 0.3) is 0 Å². The molecule has 0 saturated heterocycles. The van der Waals surface area contributed by atoms with Crippen LogP contribution in [0.1, 0.15) is 52.4 Å². The lowest BCUT2D eigenvalue weighted by Gasteiger charge is -2.18. The molecule has 0 fully saturated rings. The molecule has 0 aliphatic carbocycles. The monoisotopic (exact) mass is 228 g/mol. The number of rotatable bonds is 6. The third kappa shape index (κ3) is 6.08. The summed E-state index contributed by atoms with van der Waals surface area (Å²) in [5, 5.41) is 4.68. The van der Waals surface area contributed by atoms with E-state index in [0.717, 1.165) is 6.54 Å². The Hall–Kier alpha value is -0.180. The van der Waals surface area contributed by atoms with Crippen molar-refractivity contribution in [1.82, 2.24) is 5.32 Å². The van der Waals surface area contributed by atoms with Gasteiger partial charge in [-0.05, 0) is 19.8 Å². The fourth-order valence-electron chi connectivity index (χ4n) is 1.71. The summed E-state index contributed by atoms with van der Waals surface area (Å²) in [6.07, 6.45) is 7.94. The van der Waals surface area contributed by atoms with Crippen LogP contribution < -0.4 is 5.32 Å². The maximum absolute atomic E-state index is 4.48. The smallest absolute Gasteiger partial charge is 0.156 e. The van der Waals surface area contributed by atoms with Crippen molar-refractivity contribution in [3.8, 4) is 0 Å². The molecule has 1 atom stereocenters. The lowest BCUT2D eigenvalue weighted by Crippen LogP contribution is -2.32. The maximum atomic E-state index is 4.48. The molecule has 2 nitrogen and oxygen atoms in total. The molecule has 1 rings (SSSR count). The molecular formula is C12H24N2S. The van der Waals surface area contributed by atoms with E-state index in [1.165, 1.54) is 49.4 Å². The van der Waals surface area contributed by atoms with Crippen LogP contribution in [-0.2, 0) is 0 Å². The Morgan fingerprint density at radius 1 is 1.40 bits per heavy atom. The van der Waals surface area contributed by atoms with E-state index in [0.29, 0.717) is 6.04 Å². The van der Waals surface area contributed by atoms with Crippen molar-refractivity contribution >= 4 is 16.9 Å². The molecule has 0 aromatic carbocycles. The number of hydrogen-bond donors (Lipinski definition) is 1. The Balaban J connectivity index is 2.06. The van der Waals surface area contributed by atoms with Crippen molar-refractivity contribution in [2.75, 3.05) is 12.3 Å². The van der Waals surface area contributed by atoms with Gasteiger partial charge in [0, 0.05) is 18.3 Å². The first kappa shape index (κ1) is 12.9. The van der Waals surface area contributed by atoms with Crippen LogP contribution in [0.5, 0.6) is 0 Å². The number of nitrogens with zero attached hydrogens (tertiary/aromatic N) is 1. The first-order chi connectivity index (χ1) is 7.33. The van der Waals surface area contributed by atoms with E-state index in [9.17, 15) is 0 Å². The van der Waals surface area contributed by atoms with Crippen molar-refractivity contribution in [2.45, 2.75) is 58.4 Å². The zero-order valence-electron chi connectivity index (χ0n) is 10.1. The minimum Gasteiger partial charge on any atom is -0.362 e. The van der Waals surface area contributed by atoms with Crippen LogP contribution in [-0.4, -0.2) is 23.5 Å². The third-order valence-corrected chi connectivity index (χ3v) is 3.67. The van der Waals surface area contributed by atoms with Gasteiger partial charge in [0.05, 0.1) is 0 Å². The Labute approximate surface area is 98.3 Å². The van der Waals surface area contributed by atoms with Gasteiger partial charge >= 0.3 is 0 Å². The minimum absolute atomic E-state index is 0.589. The van der Waals surface area contributed by atoms with E-state index in [-0.39, 0.29) is 0 Å². The fraction of sp³-hybridized carbons (Fsp3) is 0.917. The van der Waals surface area contributed by atoms with Gasteiger partial charge in [-0.15, -0.1) is 0 Å². The molecule has 0 aromatic rings. The molecule has 0 saturated carbocycles. The van der Waals surface area contributed by atoms with E-state index in [1.54, 1.807) is 0 Å². The van der Waals surface area contributed by atoms with Crippen molar-refractivity contribution in [1.29, 1.82) is 0 Å². The van der Waals surface area contributed by atoms with Gasteiger partial charge in [0.2, 0.25) is 0 Å². The van der Waals surface area contributed by atoms with Gasteiger partial charge in [-0.1, -0.05) is 44.4 Å². The predicted octanol–water partition coefficient (Wildman–Crippen LogP) is 3.43. The number of aliphatic imine (C=N–C) groups is 1. The number of unbranched alkanes of at least 4 members (excludes halogenated alkanes) is 3. The van der Waals surface area contributed by atoms with Gasteiger partial charge in [-0.2, -0.15) is 0 Å². The molecule has 1 N–H and O–H groups in total. The number of thioether (sulfide) groups is 1. The van der Waals surface area contributed by atoms with Crippen molar-refractivity contribution in [3.05, 3.63) is 0 Å². The van der Waals surface area contributed by atoms with E-state index in [1.807, 2.05) is 11.8 Å². The summed E-state index contributed by atoms with van der Waals surface area (Å²) in [6.45, 7) is 5.54. The molecule has 0 bridgehead atoms. The molecule has 88 valence electrons. The Kier molecular flexibility index (Phi) is 6.90. The van der Waals surface area contributed by atoms with Gasteiger partial charge in [0.1, 0.15) is 0 Å². The van der Waals surface area contributed by atoms with Crippen LogP contribution >= 0.6 is 11.8 Å². The number of nitrogens with one attached hydrogen (secondary N) is 1. The maximum Gasteiger partial charge on any atom is 0.156 e. The molecule has 0 amide bonds. The number of hydrogen-bond acceptors (Lipinski definition) is 3. The van der Waals surface area contributed by atoms with E-state index < -0.39 is 0 Å².